The highest BCUT2D eigenvalue weighted by atomic mass is 16.5. The molecular formula is C23H21NO7. The average molecular weight is 423 g/mol. The highest BCUT2D eigenvalue weighted by Gasteiger charge is 2.26. The molecule has 160 valence electrons. The Morgan fingerprint density at radius 3 is 2.32 bits per heavy atom. The van der Waals surface area contributed by atoms with Crippen LogP contribution < -0.4 is 19.8 Å². The van der Waals surface area contributed by atoms with Crippen LogP contribution in [0.15, 0.2) is 51.8 Å². The van der Waals surface area contributed by atoms with Gasteiger partial charge in [0.05, 0.1) is 33.5 Å². The summed E-state index contributed by atoms with van der Waals surface area (Å²) in [6.07, 6.45) is 1.71. The van der Waals surface area contributed by atoms with E-state index in [0.29, 0.717) is 39.5 Å². The van der Waals surface area contributed by atoms with E-state index in [0.717, 1.165) is 0 Å². The third-order valence-corrected chi connectivity index (χ3v) is 4.98. The van der Waals surface area contributed by atoms with Crippen molar-refractivity contribution in [2.24, 2.45) is 0 Å². The number of carbonyl (C=O) groups excluding carboxylic acids is 1. The fraction of sp³-hybridized carbons (Fsp3) is 0.217. The Bertz CT molecular complexity index is 1320. The molecular weight excluding hydrogens is 402 g/mol. The van der Waals surface area contributed by atoms with Gasteiger partial charge in [0.25, 0.3) is 0 Å². The van der Waals surface area contributed by atoms with Gasteiger partial charge < -0.3 is 27.8 Å². The maximum Gasteiger partial charge on any atom is 0.361 e. The van der Waals surface area contributed by atoms with Gasteiger partial charge in [0, 0.05) is 11.8 Å². The van der Waals surface area contributed by atoms with Crippen LogP contribution in [-0.4, -0.2) is 38.3 Å². The Morgan fingerprint density at radius 1 is 1.03 bits per heavy atom. The summed E-state index contributed by atoms with van der Waals surface area (Å²) in [6.45, 7) is 1.86. The number of para-hydroxylation sites is 2. The zero-order chi connectivity index (χ0) is 22.1. The predicted molar refractivity (Wildman–Crippen MR) is 114 cm³/mol. The van der Waals surface area contributed by atoms with E-state index in [4.69, 9.17) is 23.4 Å². The molecule has 0 saturated carbocycles. The van der Waals surface area contributed by atoms with Crippen LogP contribution in [0.25, 0.3) is 27.7 Å². The van der Waals surface area contributed by atoms with E-state index in [2.05, 4.69) is 0 Å². The second-order valence-electron chi connectivity index (χ2n) is 6.63. The minimum atomic E-state index is -0.638. The number of carbonyl (C=O) groups is 1. The van der Waals surface area contributed by atoms with Crippen molar-refractivity contribution in [2.45, 2.75) is 6.92 Å². The van der Waals surface area contributed by atoms with E-state index in [1.54, 1.807) is 47.9 Å². The minimum absolute atomic E-state index is 0.0981. The molecule has 0 bridgehead atoms. The number of hydrogen-bond acceptors (Lipinski definition) is 7. The SMILES string of the molecule is CCOC(=O)c1c(-c2cc(OC)c(OC)c(OC)c2)cn2c1c(=O)oc1ccccc12. The molecule has 0 aliphatic heterocycles. The molecule has 0 radical (unpaired) electrons. The third kappa shape index (κ3) is 3.26. The predicted octanol–water partition coefficient (Wildman–Crippen LogP) is 3.92. The number of rotatable bonds is 6. The molecule has 0 unspecified atom stereocenters. The van der Waals surface area contributed by atoms with Crippen LogP contribution in [0, 0.1) is 0 Å². The number of methoxy groups -OCH3 is 3. The normalized spacial score (nSPS) is 11.0. The van der Waals surface area contributed by atoms with Gasteiger partial charge in [-0.25, -0.2) is 9.59 Å². The highest BCUT2D eigenvalue weighted by Crippen LogP contribution is 2.42. The maximum atomic E-state index is 12.9. The Hall–Kier alpha value is -3.94. The van der Waals surface area contributed by atoms with Crippen LogP contribution in [-0.2, 0) is 4.74 Å². The molecule has 0 aliphatic carbocycles. The highest BCUT2D eigenvalue weighted by molar-refractivity contribution is 6.05. The van der Waals surface area contributed by atoms with E-state index >= 15 is 0 Å². The molecule has 0 saturated heterocycles. The monoisotopic (exact) mass is 423 g/mol. The van der Waals surface area contributed by atoms with Gasteiger partial charge in [-0.15, -0.1) is 0 Å². The number of aromatic nitrogens is 1. The molecule has 4 rings (SSSR count). The number of hydrogen-bond donors (Lipinski definition) is 0. The standard InChI is InChI=1S/C23H21NO7/c1-5-30-22(25)19-14(13-10-17(27-2)21(29-4)18(11-13)28-3)12-24-15-8-6-7-9-16(15)31-23(26)20(19)24/h6-12H,5H2,1-4H3. The second-order valence-corrected chi connectivity index (χ2v) is 6.63. The zero-order valence-corrected chi connectivity index (χ0v) is 17.6. The Kier molecular flexibility index (Phi) is 5.29. The van der Waals surface area contributed by atoms with Gasteiger partial charge in [-0.05, 0) is 36.8 Å². The van der Waals surface area contributed by atoms with Gasteiger partial charge in [-0.3, -0.25) is 0 Å². The van der Waals surface area contributed by atoms with Gasteiger partial charge in [-0.1, -0.05) is 12.1 Å². The Balaban J connectivity index is 2.12. The van der Waals surface area contributed by atoms with Gasteiger partial charge >= 0.3 is 11.6 Å². The lowest BCUT2D eigenvalue weighted by Gasteiger charge is -2.14. The first-order valence-corrected chi connectivity index (χ1v) is 9.58. The second kappa shape index (κ2) is 8.06. The molecule has 0 atom stereocenters. The van der Waals surface area contributed by atoms with Crippen LogP contribution in [0.2, 0.25) is 0 Å². The van der Waals surface area contributed by atoms with Gasteiger partial charge in [0.2, 0.25) is 5.75 Å². The first kappa shape index (κ1) is 20.3. The van der Waals surface area contributed by atoms with Crippen LogP contribution >= 0.6 is 0 Å². The largest absolute Gasteiger partial charge is 0.493 e. The molecule has 0 fully saturated rings. The third-order valence-electron chi connectivity index (χ3n) is 4.98. The smallest absolute Gasteiger partial charge is 0.361 e. The van der Waals surface area contributed by atoms with Crippen molar-refractivity contribution in [2.75, 3.05) is 27.9 Å². The molecule has 0 N–H and O–H groups in total. The van der Waals surface area contributed by atoms with Crippen LogP contribution in [0.3, 0.4) is 0 Å². The lowest BCUT2D eigenvalue weighted by atomic mass is 10.0. The van der Waals surface area contributed by atoms with Crippen LogP contribution in [0.1, 0.15) is 17.3 Å². The number of ether oxygens (including phenoxy) is 4. The first-order chi connectivity index (χ1) is 15.0. The quantitative estimate of drug-likeness (QED) is 0.434. The van der Waals surface area contributed by atoms with Crippen molar-refractivity contribution in [1.82, 2.24) is 4.40 Å². The van der Waals surface area contributed by atoms with Crippen molar-refractivity contribution in [3.05, 3.63) is 58.6 Å². The molecule has 31 heavy (non-hydrogen) atoms. The molecule has 2 aromatic carbocycles. The molecule has 2 aromatic heterocycles. The van der Waals surface area contributed by atoms with E-state index in [1.165, 1.54) is 21.3 Å². The number of benzene rings is 2. The van der Waals surface area contributed by atoms with Crippen molar-refractivity contribution in [3.63, 3.8) is 0 Å². The van der Waals surface area contributed by atoms with Gasteiger partial charge in [0.15, 0.2) is 17.1 Å². The van der Waals surface area contributed by atoms with Gasteiger partial charge in [0.1, 0.15) is 11.1 Å². The maximum absolute atomic E-state index is 12.9. The molecule has 2 heterocycles. The van der Waals surface area contributed by atoms with E-state index in [-0.39, 0.29) is 17.7 Å². The fourth-order valence-corrected chi connectivity index (χ4v) is 3.65. The average Bonchev–Trinajstić information content (AvgIpc) is 3.20. The topological polar surface area (TPSA) is 88.6 Å². The molecule has 4 aromatic rings. The van der Waals surface area contributed by atoms with E-state index in [1.807, 2.05) is 6.07 Å². The lowest BCUT2D eigenvalue weighted by Crippen LogP contribution is -2.11. The van der Waals surface area contributed by atoms with E-state index < -0.39 is 11.6 Å². The molecule has 0 aliphatic rings. The Labute approximate surface area is 177 Å². The fourth-order valence-electron chi connectivity index (χ4n) is 3.65. The van der Waals surface area contributed by atoms with Crippen molar-refractivity contribution >= 4 is 22.6 Å². The summed E-state index contributed by atoms with van der Waals surface area (Å²) in [5.41, 5.74) is 1.67. The summed E-state index contributed by atoms with van der Waals surface area (Å²) in [5.74, 6) is 0.620. The lowest BCUT2D eigenvalue weighted by molar-refractivity contribution is 0.0529. The molecule has 8 heteroatoms. The number of fused-ring (bicyclic) bond motifs is 3. The summed E-state index contributed by atoms with van der Waals surface area (Å²) < 4.78 is 28.7. The van der Waals surface area contributed by atoms with Crippen LogP contribution in [0.4, 0.5) is 0 Å². The van der Waals surface area contributed by atoms with Crippen molar-refractivity contribution in [1.29, 1.82) is 0 Å². The first-order valence-electron chi connectivity index (χ1n) is 9.58. The van der Waals surface area contributed by atoms with E-state index in [9.17, 15) is 9.59 Å². The summed E-state index contributed by atoms with van der Waals surface area (Å²) in [4.78, 5) is 25.8. The minimum Gasteiger partial charge on any atom is -0.493 e. The molecule has 0 spiro atoms. The zero-order valence-electron chi connectivity index (χ0n) is 17.6. The summed E-state index contributed by atoms with van der Waals surface area (Å²) in [5, 5.41) is 0. The molecule has 8 nitrogen and oxygen atoms in total. The van der Waals surface area contributed by atoms with Crippen molar-refractivity contribution < 1.29 is 28.2 Å². The van der Waals surface area contributed by atoms with Crippen molar-refractivity contribution in [3.8, 4) is 28.4 Å². The van der Waals surface area contributed by atoms with Crippen LogP contribution in [0.5, 0.6) is 17.2 Å². The number of esters is 1. The summed E-state index contributed by atoms with van der Waals surface area (Å²) >= 11 is 0. The summed E-state index contributed by atoms with van der Waals surface area (Å²) in [7, 11) is 4.52. The Morgan fingerprint density at radius 2 is 1.71 bits per heavy atom. The number of nitrogens with zero attached hydrogens (tertiary/aromatic N) is 1. The molecule has 0 amide bonds. The summed E-state index contributed by atoms with van der Waals surface area (Å²) in [6, 6.07) is 10.5. The van der Waals surface area contributed by atoms with Gasteiger partial charge in [-0.2, -0.15) is 0 Å².